The molecule has 0 aliphatic heterocycles. The normalized spacial score (nSPS) is 20.2. The summed E-state index contributed by atoms with van der Waals surface area (Å²) in [5.74, 6) is 0. The summed E-state index contributed by atoms with van der Waals surface area (Å²) in [5.41, 5.74) is 0.962. The van der Waals surface area contributed by atoms with Crippen LogP contribution < -0.4 is 15.4 Å². The Kier molecular flexibility index (Phi) is 7.01. The van der Waals surface area contributed by atoms with Crippen molar-refractivity contribution in [1.82, 2.24) is 15.4 Å². The highest BCUT2D eigenvalue weighted by molar-refractivity contribution is 7.88. The van der Waals surface area contributed by atoms with Gasteiger partial charge < -0.3 is 15.4 Å². The van der Waals surface area contributed by atoms with Crippen LogP contribution in [-0.2, 0) is 21.4 Å². The Morgan fingerprint density at radius 2 is 1.88 bits per heavy atom. The molecule has 1 fully saturated rings. The second-order valence-corrected chi connectivity index (χ2v) is 7.88. The van der Waals surface area contributed by atoms with Crippen molar-refractivity contribution in [3.63, 3.8) is 0 Å². The number of benzene rings is 1. The molecule has 1 aromatic carbocycles. The molecule has 0 aromatic heterocycles. The maximum Gasteiger partial charge on any atom is 0.407 e. The number of nitrogens with one attached hydrogen (secondary N) is 3. The van der Waals surface area contributed by atoms with Crippen molar-refractivity contribution < 1.29 is 17.9 Å². The quantitative estimate of drug-likeness (QED) is 0.574. The third kappa shape index (κ3) is 7.29. The fraction of sp³-hybridized carbons (Fsp3) is 0.562. The van der Waals surface area contributed by atoms with E-state index < -0.39 is 10.0 Å². The number of ether oxygens (including phenoxy) is 1. The first-order valence-corrected chi connectivity index (χ1v) is 9.97. The van der Waals surface area contributed by atoms with E-state index in [0.717, 1.165) is 37.6 Å². The molecule has 0 atom stereocenters. The van der Waals surface area contributed by atoms with Gasteiger partial charge in [0.05, 0.1) is 6.26 Å². The molecule has 134 valence electrons. The number of alkyl carbamates (subject to hydrolysis) is 1. The first kappa shape index (κ1) is 18.7. The Morgan fingerprint density at radius 3 is 2.54 bits per heavy atom. The fourth-order valence-corrected chi connectivity index (χ4v) is 3.00. The second-order valence-electron chi connectivity index (χ2n) is 6.05. The van der Waals surface area contributed by atoms with E-state index in [-0.39, 0.29) is 18.7 Å². The standard InChI is InChI=1S/C16H25N3O4S/c1-24(21,22)18-9-5-8-17-14-10-15(11-14)19-16(20)23-12-13-6-3-2-4-7-13/h2-4,6-7,14-15,17-18H,5,8-12H2,1H3,(H,19,20). The van der Waals surface area contributed by atoms with E-state index in [2.05, 4.69) is 15.4 Å². The van der Waals surface area contributed by atoms with Crippen molar-refractivity contribution in [2.45, 2.75) is 38.0 Å². The van der Waals surface area contributed by atoms with Gasteiger partial charge in [0.1, 0.15) is 6.61 Å². The monoisotopic (exact) mass is 355 g/mol. The summed E-state index contributed by atoms with van der Waals surface area (Å²) in [4.78, 5) is 11.7. The molecule has 1 aliphatic carbocycles. The van der Waals surface area contributed by atoms with Crippen molar-refractivity contribution >= 4 is 16.1 Å². The second kappa shape index (κ2) is 9.00. The Labute approximate surface area is 143 Å². The van der Waals surface area contributed by atoms with Gasteiger partial charge >= 0.3 is 6.09 Å². The summed E-state index contributed by atoms with van der Waals surface area (Å²) in [6.07, 6.45) is 3.22. The van der Waals surface area contributed by atoms with Crippen LogP contribution >= 0.6 is 0 Å². The van der Waals surface area contributed by atoms with Crippen molar-refractivity contribution in [2.24, 2.45) is 0 Å². The third-order valence-electron chi connectivity index (χ3n) is 3.82. The molecule has 0 saturated heterocycles. The van der Waals surface area contributed by atoms with Gasteiger partial charge in [0, 0.05) is 18.6 Å². The maximum absolute atomic E-state index is 11.7. The number of carbonyl (C=O) groups is 1. The van der Waals surface area contributed by atoms with Gasteiger partial charge in [0.15, 0.2) is 0 Å². The summed E-state index contributed by atoms with van der Waals surface area (Å²) in [7, 11) is -3.10. The number of hydrogen-bond acceptors (Lipinski definition) is 5. The number of rotatable bonds is 9. The molecular weight excluding hydrogens is 330 g/mol. The molecule has 2 rings (SSSR count). The molecule has 1 aliphatic rings. The van der Waals surface area contributed by atoms with Crippen LogP contribution in [0.4, 0.5) is 4.79 Å². The smallest absolute Gasteiger partial charge is 0.407 e. The first-order valence-electron chi connectivity index (χ1n) is 8.07. The van der Waals surface area contributed by atoms with Gasteiger partial charge in [-0.25, -0.2) is 17.9 Å². The highest BCUT2D eigenvalue weighted by Crippen LogP contribution is 2.20. The Hall–Kier alpha value is -1.64. The van der Waals surface area contributed by atoms with Crippen molar-refractivity contribution in [3.05, 3.63) is 35.9 Å². The van der Waals surface area contributed by atoms with Gasteiger partial charge in [0.2, 0.25) is 10.0 Å². The summed E-state index contributed by atoms with van der Waals surface area (Å²) in [5, 5.41) is 6.18. The molecule has 0 spiro atoms. The average molecular weight is 355 g/mol. The molecular formula is C16H25N3O4S. The van der Waals surface area contributed by atoms with Crippen LogP contribution in [0.2, 0.25) is 0 Å². The van der Waals surface area contributed by atoms with E-state index in [0.29, 0.717) is 12.6 Å². The van der Waals surface area contributed by atoms with Crippen molar-refractivity contribution in [3.8, 4) is 0 Å². The van der Waals surface area contributed by atoms with Gasteiger partial charge in [-0.1, -0.05) is 30.3 Å². The minimum atomic E-state index is -3.10. The first-order chi connectivity index (χ1) is 11.4. The topological polar surface area (TPSA) is 96.5 Å². The van der Waals surface area contributed by atoms with Crippen LogP contribution in [0.15, 0.2) is 30.3 Å². The number of amides is 1. The number of carbonyl (C=O) groups excluding carboxylic acids is 1. The molecule has 0 unspecified atom stereocenters. The van der Waals surface area contributed by atoms with Crippen LogP contribution in [0.25, 0.3) is 0 Å². The number of sulfonamides is 1. The zero-order valence-corrected chi connectivity index (χ0v) is 14.6. The lowest BCUT2D eigenvalue weighted by Gasteiger charge is -2.36. The summed E-state index contributed by atoms with van der Waals surface area (Å²) < 4.78 is 29.4. The summed E-state index contributed by atoms with van der Waals surface area (Å²) in [6.45, 7) is 1.46. The van der Waals surface area contributed by atoms with Gasteiger partial charge in [-0.3, -0.25) is 0 Å². The lowest BCUT2D eigenvalue weighted by molar-refractivity contribution is 0.125. The predicted molar refractivity (Wildman–Crippen MR) is 92.0 cm³/mol. The minimum Gasteiger partial charge on any atom is -0.445 e. The van der Waals surface area contributed by atoms with E-state index in [9.17, 15) is 13.2 Å². The largest absolute Gasteiger partial charge is 0.445 e. The average Bonchev–Trinajstić information content (AvgIpc) is 2.49. The molecule has 1 saturated carbocycles. The minimum absolute atomic E-state index is 0.139. The zero-order chi connectivity index (χ0) is 17.4. The maximum atomic E-state index is 11.7. The number of hydrogen-bond donors (Lipinski definition) is 3. The molecule has 7 nitrogen and oxygen atoms in total. The molecule has 8 heteroatoms. The molecule has 0 bridgehead atoms. The van der Waals surface area contributed by atoms with Gasteiger partial charge in [-0.2, -0.15) is 0 Å². The highest BCUT2D eigenvalue weighted by atomic mass is 32.2. The zero-order valence-electron chi connectivity index (χ0n) is 13.8. The van der Waals surface area contributed by atoms with E-state index in [1.54, 1.807) is 0 Å². The Balaban J connectivity index is 1.49. The van der Waals surface area contributed by atoms with Crippen LogP contribution in [0.3, 0.4) is 0 Å². The summed E-state index contributed by atoms with van der Waals surface area (Å²) in [6, 6.07) is 10.1. The third-order valence-corrected chi connectivity index (χ3v) is 4.55. The molecule has 0 heterocycles. The Morgan fingerprint density at radius 1 is 1.17 bits per heavy atom. The molecule has 24 heavy (non-hydrogen) atoms. The Bertz CT molecular complexity index is 615. The van der Waals surface area contributed by atoms with Gasteiger partial charge in [-0.05, 0) is 31.4 Å². The lowest BCUT2D eigenvalue weighted by Crippen LogP contribution is -2.52. The van der Waals surface area contributed by atoms with Crippen LogP contribution in [-0.4, -0.2) is 45.9 Å². The fourth-order valence-electron chi connectivity index (χ4n) is 2.49. The molecule has 0 radical (unpaired) electrons. The van der Waals surface area contributed by atoms with E-state index in [1.807, 2.05) is 30.3 Å². The van der Waals surface area contributed by atoms with Crippen LogP contribution in [0.1, 0.15) is 24.8 Å². The molecule has 1 amide bonds. The SMILES string of the molecule is CS(=O)(=O)NCCCNC1CC(NC(=O)OCc2ccccc2)C1. The van der Waals surface area contributed by atoms with Crippen molar-refractivity contribution in [1.29, 1.82) is 0 Å². The van der Waals surface area contributed by atoms with Gasteiger partial charge in [-0.15, -0.1) is 0 Å². The van der Waals surface area contributed by atoms with E-state index in [4.69, 9.17) is 4.74 Å². The molecule has 3 N–H and O–H groups in total. The van der Waals surface area contributed by atoms with Gasteiger partial charge in [0.25, 0.3) is 0 Å². The van der Waals surface area contributed by atoms with Crippen LogP contribution in [0.5, 0.6) is 0 Å². The van der Waals surface area contributed by atoms with E-state index >= 15 is 0 Å². The van der Waals surface area contributed by atoms with E-state index in [1.165, 1.54) is 0 Å². The molecule has 1 aromatic rings. The highest BCUT2D eigenvalue weighted by Gasteiger charge is 2.30. The lowest BCUT2D eigenvalue weighted by atomic mass is 9.87. The van der Waals surface area contributed by atoms with Crippen LogP contribution in [0, 0.1) is 0 Å². The predicted octanol–water partition coefficient (Wildman–Crippen LogP) is 0.973. The summed E-state index contributed by atoms with van der Waals surface area (Å²) >= 11 is 0. The van der Waals surface area contributed by atoms with Crippen molar-refractivity contribution in [2.75, 3.05) is 19.3 Å².